The van der Waals surface area contributed by atoms with E-state index >= 15 is 0 Å². The highest BCUT2D eigenvalue weighted by atomic mass is 32.1. The highest BCUT2D eigenvalue weighted by Gasteiger charge is 2.27. The van der Waals surface area contributed by atoms with Crippen LogP contribution in [0.5, 0.6) is 5.75 Å². The van der Waals surface area contributed by atoms with E-state index in [1.54, 1.807) is 11.3 Å². The summed E-state index contributed by atoms with van der Waals surface area (Å²) in [6.07, 6.45) is 1.87. The molecule has 0 saturated carbocycles. The van der Waals surface area contributed by atoms with Gasteiger partial charge in [-0.1, -0.05) is 6.07 Å². The van der Waals surface area contributed by atoms with Gasteiger partial charge in [0.15, 0.2) is 0 Å². The predicted molar refractivity (Wildman–Crippen MR) is 104 cm³/mol. The number of nitrogens with zero attached hydrogens (tertiary/aromatic N) is 1. The van der Waals surface area contributed by atoms with E-state index in [1.165, 1.54) is 0 Å². The molecule has 0 spiro atoms. The third-order valence-corrected chi connectivity index (χ3v) is 5.43. The van der Waals surface area contributed by atoms with Crippen molar-refractivity contribution in [2.24, 2.45) is 5.92 Å². The normalized spacial score (nSPS) is 14.9. The third-order valence-electron chi connectivity index (χ3n) is 4.56. The highest BCUT2D eigenvalue weighted by Crippen LogP contribution is 2.22. The molecule has 2 heterocycles. The molecule has 5 nitrogen and oxygen atoms in total. The number of hydrogen-bond acceptors (Lipinski definition) is 4. The number of hydrogen-bond donors (Lipinski definition) is 1. The second-order valence-electron chi connectivity index (χ2n) is 6.36. The van der Waals surface area contributed by atoms with Crippen LogP contribution < -0.4 is 10.1 Å². The van der Waals surface area contributed by atoms with Crippen LogP contribution >= 0.6 is 11.3 Å². The van der Waals surface area contributed by atoms with Gasteiger partial charge >= 0.3 is 0 Å². The van der Waals surface area contributed by atoms with E-state index in [0.717, 1.165) is 16.3 Å². The van der Waals surface area contributed by atoms with Crippen molar-refractivity contribution in [1.82, 2.24) is 4.90 Å². The summed E-state index contributed by atoms with van der Waals surface area (Å²) >= 11 is 1.61. The summed E-state index contributed by atoms with van der Waals surface area (Å²) in [4.78, 5) is 27.8. The number of anilines is 1. The lowest BCUT2D eigenvalue weighted by Gasteiger charge is -2.31. The van der Waals surface area contributed by atoms with Crippen LogP contribution in [0.15, 0.2) is 41.8 Å². The Labute approximate surface area is 158 Å². The van der Waals surface area contributed by atoms with Gasteiger partial charge < -0.3 is 15.0 Å². The Morgan fingerprint density at radius 1 is 1.19 bits per heavy atom. The summed E-state index contributed by atoms with van der Waals surface area (Å²) < 4.78 is 5.40. The first-order valence-electron chi connectivity index (χ1n) is 8.99. The number of rotatable bonds is 6. The number of carbonyl (C=O) groups excluding carboxylic acids is 2. The van der Waals surface area contributed by atoms with Crippen LogP contribution in [0.4, 0.5) is 5.69 Å². The highest BCUT2D eigenvalue weighted by molar-refractivity contribution is 7.10. The van der Waals surface area contributed by atoms with Gasteiger partial charge in [-0.05, 0) is 55.5 Å². The van der Waals surface area contributed by atoms with Gasteiger partial charge in [0.2, 0.25) is 11.8 Å². The van der Waals surface area contributed by atoms with Gasteiger partial charge in [0.05, 0.1) is 13.0 Å². The van der Waals surface area contributed by atoms with Crippen LogP contribution in [0.2, 0.25) is 0 Å². The Balaban J connectivity index is 1.46. The number of carbonyl (C=O) groups is 2. The molecule has 1 aromatic carbocycles. The fourth-order valence-corrected chi connectivity index (χ4v) is 3.81. The Kier molecular flexibility index (Phi) is 6.28. The summed E-state index contributed by atoms with van der Waals surface area (Å²) in [5.41, 5.74) is 0.773. The van der Waals surface area contributed by atoms with Gasteiger partial charge in [-0.25, -0.2) is 0 Å². The Morgan fingerprint density at radius 3 is 2.54 bits per heavy atom. The molecule has 0 radical (unpaired) electrons. The van der Waals surface area contributed by atoms with E-state index < -0.39 is 0 Å². The van der Waals surface area contributed by atoms with E-state index in [4.69, 9.17) is 4.74 Å². The van der Waals surface area contributed by atoms with E-state index in [-0.39, 0.29) is 17.7 Å². The first-order valence-corrected chi connectivity index (χ1v) is 9.87. The smallest absolute Gasteiger partial charge is 0.227 e. The molecule has 1 N–H and O–H groups in total. The van der Waals surface area contributed by atoms with Crippen LogP contribution in [-0.4, -0.2) is 36.4 Å². The first kappa shape index (κ1) is 18.5. The molecule has 1 aliphatic heterocycles. The molecule has 0 aliphatic carbocycles. The summed E-state index contributed by atoms with van der Waals surface area (Å²) in [7, 11) is 0. The zero-order chi connectivity index (χ0) is 18.4. The first-order chi connectivity index (χ1) is 12.7. The summed E-state index contributed by atoms with van der Waals surface area (Å²) in [5.74, 6) is 0.924. The molecule has 2 amide bonds. The largest absolute Gasteiger partial charge is 0.494 e. The zero-order valence-electron chi connectivity index (χ0n) is 14.9. The van der Waals surface area contributed by atoms with Crippen molar-refractivity contribution in [1.29, 1.82) is 0 Å². The van der Waals surface area contributed by atoms with Crippen molar-refractivity contribution < 1.29 is 14.3 Å². The van der Waals surface area contributed by atoms with Crippen molar-refractivity contribution in [3.8, 4) is 5.75 Å². The molecular weight excluding hydrogens is 348 g/mol. The maximum absolute atomic E-state index is 12.5. The fraction of sp³-hybridized carbons (Fsp3) is 0.400. The number of likely N-dealkylation sites (tertiary alicyclic amines) is 1. The van der Waals surface area contributed by atoms with Gasteiger partial charge in [0.1, 0.15) is 5.75 Å². The lowest BCUT2D eigenvalue weighted by molar-refractivity contribution is -0.133. The molecule has 2 aromatic rings. The van der Waals surface area contributed by atoms with Crippen LogP contribution in [0, 0.1) is 5.92 Å². The molecular formula is C20H24N2O3S. The Morgan fingerprint density at radius 2 is 1.92 bits per heavy atom. The lowest BCUT2D eigenvalue weighted by atomic mass is 9.95. The van der Waals surface area contributed by atoms with E-state index in [9.17, 15) is 9.59 Å². The van der Waals surface area contributed by atoms with Crippen molar-refractivity contribution >= 4 is 28.8 Å². The number of nitrogens with one attached hydrogen (secondary N) is 1. The average Bonchev–Trinajstić information content (AvgIpc) is 3.16. The van der Waals surface area contributed by atoms with Crippen LogP contribution in [0.3, 0.4) is 0 Å². The minimum atomic E-state index is -0.0487. The zero-order valence-corrected chi connectivity index (χ0v) is 15.8. The molecule has 6 heteroatoms. The van der Waals surface area contributed by atoms with Crippen LogP contribution in [-0.2, 0) is 16.0 Å². The number of benzene rings is 1. The molecule has 26 heavy (non-hydrogen) atoms. The van der Waals surface area contributed by atoms with Crippen molar-refractivity contribution in [3.63, 3.8) is 0 Å². The molecule has 3 rings (SSSR count). The average molecular weight is 372 g/mol. The van der Waals surface area contributed by atoms with Gasteiger partial charge in [-0.2, -0.15) is 0 Å². The summed E-state index contributed by atoms with van der Waals surface area (Å²) in [5, 5.41) is 4.95. The quantitative estimate of drug-likeness (QED) is 0.843. The van der Waals surface area contributed by atoms with Gasteiger partial charge in [-0.3, -0.25) is 9.59 Å². The Bertz CT molecular complexity index is 720. The number of piperidine rings is 1. The maximum Gasteiger partial charge on any atom is 0.227 e. The van der Waals surface area contributed by atoms with Gasteiger partial charge in [-0.15, -0.1) is 11.3 Å². The van der Waals surface area contributed by atoms with E-state index in [1.807, 2.05) is 53.6 Å². The third kappa shape index (κ3) is 4.85. The molecule has 0 unspecified atom stereocenters. The lowest BCUT2D eigenvalue weighted by Crippen LogP contribution is -2.42. The minimum Gasteiger partial charge on any atom is -0.494 e. The second-order valence-corrected chi connectivity index (χ2v) is 7.39. The SMILES string of the molecule is CCOc1ccc(NC(=O)C2CCN(C(=O)Cc3cccs3)CC2)cc1. The van der Waals surface area contributed by atoms with Crippen LogP contribution in [0.1, 0.15) is 24.6 Å². The second kappa shape index (κ2) is 8.85. The van der Waals surface area contributed by atoms with Gasteiger partial charge in [0, 0.05) is 29.6 Å². The van der Waals surface area contributed by atoms with Crippen molar-refractivity contribution in [2.45, 2.75) is 26.2 Å². The topological polar surface area (TPSA) is 58.6 Å². The molecule has 0 atom stereocenters. The summed E-state index contributed by atoms with van der Waals surface area (Å²) in [6.45, 7) is 3.85. The number of ether oxygens (including phenoxy) is 1. The monoisotopic (exact) mass is 372 g/mol. The maximum atomic E-state index is 12.5. The molecule has 138 valence electrons. The van der Waals surface area contributed by atoms with Crippen LogP contribution in [0.25, 0.3) is 0 Å². The molecule has 0 bridgehead atoms. The van der Waals surface area contributed by atoms with Gasteiger partial charge in [0.25, 0.3) is 0 Å². The fourth-order valence-electron chi connectivity index (χ4n) is 3.11. The minimum absolute atomic E-state index is 0.0273. The van der Waals surface area contributed by atoms with Crippen molar-refractivity contribution in [2.75, 3.05) is 25.0 Å². The summed E-state index contributed by atoms with van der Waals surface area (Å²) in [6, 6.07) is 11.4. The molecule has 1 aliphatic rings. The standard InChI is InChI=1S/C20H24N2O3S/c1-2-25-17-7-5-16(6-8-17)21-20(24)15-9-11-22(12-10-15)19(23)14-18-4-3-13-26-18/h3-8,13,15H,2,9-12,14H2,1H3,(H,21,24). The van der Waals surface area contributed by atoms with Crippen molar-refractivity contribution in [3.05, 3.63) is 46.7 Å². The molecule has 1 aromatic heterocycles. The van der Waals surface area contributed by atoms with E-state index in [0.29, 0.717) is 39.0 Å². The van der Waals surface area contributed by atoms with E-state index in [2.05, 4.69) is 5.32 Å². The molecule has 1 fully saturated rings. The predicted octanol–water partition coefficient (Wildman–Crippen LogP) is 3.57. The number of amides is 2. The number of thiophene rings is 1. The Hall–Kier alpha value is -2.34. The molecule has 1 saturated heterocycles.